The third-order valence-electron chi connectivity index (χ3n) is 3.73. The molecule has 0 spiro atoms. The van der Waals surface area contributed by atoms with E-state index >= 15 is 0 Å². The van der Waals surface area contributed by atoms with Gasteiger partial charge in [0.15, 0.2) is 0 Å². The molecule has 0 amide bonds. The van der Waals surface area contributed by atoms with Crippen molar-refractivity contribution in [3.8, 4) is 0 Å². The average molecular weight is 285 g/mol. The van der Waals surface area contributed by atoms with Gasteiger partial charge in [-0.3, -0.25) is 0 Å². The quantitative estimate of drug-likeness (QED) is 0.897. The van der Waals surface area contributed by atoms with Crippen LogP contribution >= 0.6 is 11.6 Å². The van der Waals surface area contributed by atoms with E-state index in [2.05, 4.69) is 24.1 Å². The standard InChI is InChI=1S/C15H22ClFN2/c1-11(2)19-6-3-4-14(5-7-19)18-15-9-12(16)8-13(17)10-15/h8-11,14,18H,3-7H2,1-2H3. The summed E-state index contributed by atoms with van der Waals surface area (Å²) in [4.78, 5) is 2.50. The van der Waals surface area contributed by atoms with Gasteiger partial charge >= 0.3 is 0 Å². The SMILES string of the molecule is CC(C)N1CCCC(Nc2cc(F)cc(Cl)c2)CC1. The molecule has 0 aromatic heterocycles. The van der Waals surface area contributed by atoms with E-state index < -0.39 is 0 Å². The Bertz CT molecular complexity index is 402. The highest BCUT2D eigenvalue weighted by molar-refractivity contribution is 6.30. The van der Waals surface area contributed by atoms with E-state index in [1.807, 2.05) is 0 Å². The summed E-state index contributed by atoms with van der Waals surface area (Å²) in [5, 5.41) is 3.86. The van der Waals surface area contributed by atoms with Crippen molar-refractivity contribution in [1.29, 1.82) is 0 Å². The predicted octanol–water partition coefficient (Wildman–Crippen LogP) is 4.15. The van der Waals surface area contributed by atoms with Crippen LogP contribution in [0.2, 0.25) is 5.02 Å². The van der Waals surface area contributed by atoms with Crippen LogP contribution in [0.15, 0.2) is 18.2 Å². The van der Waals surface area contributed by atoms with Crippen LogP contribution in [0, 0.1) is 5.82 Å². The van der Waals surface area contributed by atoms with Crippen molar-refractivity contribution in [2.45, 2.75) is 45.2 Å². The Kier molecular flexibility index (Phi) is 5.06. The van der Waals surface area contributed by atoms with E-state index in [1.54, 1.807) is 6.07 Å². The predicted molar refractivity (Wildman–Crippen MR) is 79.4 cm³/mol. The zero-order valence-electron chi connectivity index (χ0n) is 11.6. The van der Waals surface area contributed by atoms with Crippen LogP contribution in [0.3, 0.4) is 0 Å². The van der Waals surface area contributed by atoms with Gasteiger partial charge in [-0.05, 0) is 57.9 Å². The first kappa shape index (κ1) is 14.6. The lowest BCUT2D eigenvalue weighted by molar-refractivity contribution is 0.230. The molecule has 0 saturated carbocycles. The topological polar surface area (TPSA) is 15.3 Å². The zero-order chi connectivity index (χ0) is 13.8. The maximum Gasteiger partial charge on any atom is 0.126 e. The molecular weight excluding hydrogens is 263 g/mol. The molecule has 0 bridgehead atoms. The van der Waals surface area contributed by atoms with Crippen molar-refractivity contribution < 1.29 is 4.39 Å². The molecule has 1 aromatic carbocycles. The van der Waals surface area contributed by atoms with Crippen molar-refractivity contribution in [2.24, 2.45) is 0 Å². The number of nitrogens with zero attached hydrogens (tertiary/aromatic N) is 1. The van der Waals surface area contributed by atoms with E-state index in [0.29, 0.717) is 17.1 Å². The van der Waals surface area contributed by atoms with E-state index in [4.69, 9.17) is 11.6 Å². The van der Waals surface area contributed by atoms with Gasteiger partial charge in [-0.25, -0.2) is 4.39 Å². The maximum atomic E-state index is 13.3. The van der Waals surface area contributed by atoms with Crippen molar-refractivity contribution in [3.05, 3.63) is 29.0 Å². The molecule has 1 aromatic rings. The number of halogens is 2. The summed E-state index contributed by atoms with van der Waals surface area (Å²) in [5.74, 6) is -0.285. The van der Waals surface area contributed by atoms with Gasteiger partial charge in [0.1, 0.15) is 5.82 Å². The highest BCUT2D eigenvalue weighted by Crippen LogP contribution is 2.22. The van der Waals surface area contributed by atoms with Gasteiger partial charge in [0.05, 0.1) is 0 Å². The second-order valence-corrected chi connectivity index (χ2v) is 6.00. The number of hydrogen-bond donors (Lipinski definition) is 1. The van der Waals surface area contributed by atoms with Crippen LogP contribution in [0.25, 0.3) is 0 Å². The molecule has 1 heterocycles. The van der Waals surface area contributed by atoms with E-state index in [0.717, 1.165) is 31.6 Å². The zero-order valence-corrected chi connectivity index (χ0v) is 12.4. The van der Waals surface area contributed by atoms with Gasteiger partial charge in [0, 0.05) is 29.3 Å². The summed E-state index contributed by atoms with van der Waals surface area (Å²) in [7, 11) is 0. The van der Waals surface area contributed by atoms with Gasteiger partial charge in [-0.1, -0.05) is 11.6 Å². The molecule has 1 N–H and O–H groups in total. The van der Waals surface area contributed by atoms with Crippen LogP contribution in [0.1, 0.15) is 33.1 Å². The third kappa shape index (κ3) is 4.36. The molecule has 1 aliphatic rings. The fourth-order valence-corrected chi connectivity index (χ4v) is 2.87. The maximum absolute atomic E-state index is 13.3. The molecule has 1 saturated heterocycles. The lowest BCUT2D eigenvalue weighted by atomic mass is 10.1. The Morgan fingerprint density at radius 1 is 1.26 bits per heavy atom. The fourth-order valence-electron chi connectivity index (χ4n) is 2.65. The minimum atomic E-state index is -0.285. The molecule has 2 nitrogen and oxygen atoms in total. The molecule has 19 heavy (non-hydrogen) atoms. The number of hydrogen-bond acceptors (Lipinski definition) is 2. The van der Waals surface area contributed by atoms with Gasteiger partial charge in [-0.15, -0.1) is 0 Å². The lowest BCUT2D eigenvalue weighted by Gasteiger charge is -2.24. The minimum Gasteiger partial charge on any atom is -0.382 e. The first-order valence-corrected chi connectivity index (χ1v) is 7.39. The van der Waals surface area contributed by atoms with E-state index in [-0.39, 0.29) is 5.82 Å². The molecule has 1 unspecified atom stereocenters. The van der Waals surface area contributed by atoms with Crippen LogP contribution in [-0.4, -0.2) is 30.1 Å². The number of likely N-dealkylation sites (tertiary alicyclic amines) is 1. The largest absolute Gasteiger partial charge is 0.382 e. The molecule has 106 valence electrons. The fraction of sp³-hybridized carbons (Fsp3) is 0.600. The molecule has 0 aliphatic carbocycles. The van der Waals surface area contributed by atoms with Crippen molar-refractivity contribution in [3.63, 3.8) is 0 Å². The molecule has 1 fully saturated rings. The first-order chi connectivity index (χ1) is 9.04. The Hall–Kier alpha value is -0.800. The minimum absolute atomic E-state index is 0.285. The summed E-state index contributed by atoms with van der Waals surface area (Å²) in [6.07, 6.45) is 3.39. The summed E-state index contributed by atoms with van der Waals surface area (Å²) in [5.41, 5.74) is 0.785. The molecule has 1 atom stereocenters. The molecule has 2 rings (SSSR count). The van der Waals surface area contributed by atoms with Gasteiger partial charge < -0.3 is 10.2 Å². The summed E-state index contributed by atoms with van der Waals surface area (Å²) >= 11 is 5.88. The number of benzene rings is 1. The highest BCUT2D eigenvalue weighted by Gasteiger charge is 2.18. The second-order valence-electron chi connectivity index (χ2n) is 5.56. The van der Waals surface area contributed by atoms with Gasteiger partial charge in [0.2, 0.25) is 0 Å². The number of rotatable bonds is 3. The van der Waals surface area contributed by atoms with Gasteiger partial charge in [-0.2, -0.15) is 0 Å². The van der Waals surface area contributed by atoms with E-state index in [9.17, 15) is 4.39 Å². The second kappa shape index (κ2) is 6.58. The summed E-state index contributed by atoms with van der Waals surface area (Å²) in [6.45, 7) is 6.72. The monoisotopic (exact) mass is 284 g/mol. The van der Waals surface area contributed by atoms with Gasteiger partial charge in [0.25, 0.3) is 0 Å². The normalized spacial score (nSPS) is 21.4. The summed E-state index contributed by atoms with van der Waals surface area (Å²) in [6, 6.07) is 5.64. The van der Waals surface area contributed by atoms with Crippen molar-refractivity contribution >= 4 is 17.3 Å². The summed E-state index contributed by atoms with van der Waals surface area (Å²) < 4.78 is 13.3. The Morgan fingerprint density at radius 2 is 2.05 bits per heavy atom. The van der Waals surface area contributed by atoms with Crippen LogP contribution in [0.4, 0.5) is 10.1 Å². The van der Waals surface area contributed by atoms with Crippen LogP contribution < -0.4 is 5.32 Å². The first-order valence-electron chi connectivity index (χ1n) is 7.01. The molecular formula is C15H22ClFN2. The number of nitrogens with one attached hydrogen (secondary N) is 1. The third-order valence-corrected chi connectivity index (χ3v) is 3.94. The molecule has 0 radical (unpaired) electrons. The van der Waals surface area contributed by atoms with Crippen molar-refractivity contribution in [1.82, 2.24) is 4.90 Å². The smallest absolute Gasteiger partial charge is 0.126 e. The van der Waals surface area contributed by atoms with Crippen LogP contribution in [-0.2, 0) is 0 Å². The Morgan fingerprint density at radius 3 is 2.74 bits per heavy atom. The highest BCUT2D eigenvalue weighted by atomic mass is 35.5. The van der Waals surface area contributed by atoms with E-state index in [1.165, 1.54) is 18.6 Å². The average Bonchev–Trinajstić information content (AvgIpc) is 2.53. The number of anilines is 1. The van der Waals surface area contributed by atoms with Crippen molar-refractivity contribution in [2.75, 3.05) is 18.4 Å². The Labute approximate surface area is 119 Å². The molecule has 1 aliphatic heterocycles. The Balaban J connectivity index is 1.95. The van der Waals surface area contributed by atoms with Crippen LogP contribution in [0.5, 0.6) is 0 Å². The molecule has 4 heteroatoms. The lowest BCUT2D eigenvalue weighted by Crippen LogP contribution is -2.32.